The predicted molar refractivity (Wildman–Crippen MR) is 167 cm³/mol. The van der Waals surface area contributed by atoms with Gasteiger partial charge in [-0.15, -0.1) is 0 Å². The van der Waals surface area contributed by atoms with Gasteiger partial charge in [-0.25, -0.2) is 4.39 Å². The fourth-order valence-electron chi connectivity index (χ4n) is 5.05. The number of fused-ring (bicyclic) bond motifs is 1. The van der Waals surface area contributed by atoms with Crippen molar-refractivity contribution in [3.63, 3.8) is 0 Å². The van der Waals surface area contributed by atoms with Gasteiger partial charge in [0.05, 0.1) is 29.3 Å². The summed E-state index contributed by atoms with van der Waals surface area (Å²) >= 11 is 11.9. The molecule has 232 valence electrons. The second kappa shape index (κ2) is 14.7. The Hall–Kier alpha value is -3.86. The van der Waals surface area contributed by atoms with E-state index in [1.165, 1.54) is 0 Å². The average Bonchev–Trinajstić information content (AvgIpc) is 3.03. The third-order valence-corrected chi connectivity index (χ3v) is 8.24. The van der Waals surface area contributed by atoms with Gasteiger partial charge >= 0.3 is 11.8 Å². The van der Waals surface area contributed by atoms with E-state index in [0.717, 1.165) is 37.6 Å². The van der Waals surface area contributed by atoms with Crippen LogP contribution in [0.25, 0.3) is 10.9 Å². The highest BCUT2D eigenvalue weighted by molar-refractivity contribution is 6.42. The Bertz CT molecular complexity index is 1610. The summed E-state index contributed by atoms with van der Waals surface area (Å²) in [5.74, 6) is -0.252. The van der Waals surface area contributed by atoms with E-state index in [2.05, 4.69) is 20.9 Å². The molecule has 0 radical (unpaired) electrons. The van der Waals surface area contributed by atoms with Crippen LogP contribution in [-0.4, -0.2) is 50.1 Å². The zero-order valence-corrected chi connectivity index (χ0v) is 25.7. The largest absolute Gasteiger partial charge is 0.493 e. The summed E-state index contributed by atoms with van der Waals surface area (Å²) in [5.41, 5.74) is 1.75. The van der Waals surface area contributed by atoms with Gasteiger partial charge in [-0.05, 0) is 80.6 Å². The van der Waals surface area contributed by atoms with Crippen LogP contribution in [0.1, 0.15) is 31.2 Å². The van der Waals surface area contributed by atoms with Gasteiger partial charge in [0.15, 0.2) is 17.3 Å². The topological polar surface area (TPSA) is 111 Å². The smallest absolute Gasteiger partial charge is 0.313 e. The highest BCUT2D eigenvalue weighted by Crippen LogP contribution is 2.37. The van der Waals surface area contributed by atoms with Gasteiger partial charge in [0.25, 0.3) is 0 Å². The minimum atomic E-state index is -0.882. The maximum absolute atomic E-state index is 15.1. The van der Waals surface area contributed by atoms with E-state index in [-0.39, 0.29) is 30.8 Å². The van der Waals surface area contributed by atoms with E-state index in [1.54, 1.807) is 49.7 Å². The molecule has 2 amide bonds. The molecular weight excluding hydrogens is 610 g/mol. The Balaban J connectivity index is 1.20. The van der Waals surface area contributed by atoms with Crippen LogP contribution in [0.15, 0.2) is 66.0 Å². The lowest BCUT2D eigenvalue weighted by Crippen LogP contribution is -2.40. The Morgan fingerprint density at radius 1 is 1.02 bits per heavy atom. The molecule has 5 rings (SSSR count). The molecule has 0 spiro atoms. The first-order valence-corrected chi connectivity index (χ1v) is 15.2. The van der Waals surface area contributed by atoms with E-state index >= 15 is 4.39 Å². The van der Waals surface area contributed by atoms with Crippen LogP contribution < -0.4 is 30.2 Å². The Morgan fingerprint density at radius 2 is 1.84 bits per heavy atom. The Labute approximate surface area is 264 Å². The second-order valence-electron chi connectivity index (χ2n) is 10.6. The molecule has 1 aliphatic heterocycles. The van der Waals surface area contributed by atoms with Gasteiger partial charge < -0.3 is 30.2 Å². The summed E-state index contributed by atoms with van der Waals surface area (Å²) in [6.45, 7) is 2.77. The predicted octanol–water partition coefficient (Wildman–Crippen LogP) is 5.64. The number of methoxy groups -OCH3 is 1. The van der Waals surface area contributed by atoms with Crippen molar-refractivity contribution in [2.75, 3.05) is 33.4 Å². The van der Waals surface area contributed by atoms with Gasteiger partial charge in [-0.1, -0.05) is 29.3 Å². The van der Waals surface area contributed by atoms with E-state index in [1.807, 2.05) is 0 Å². The number of amides is 2. The van der Waals surface area contributed by atoms with E-state index in [0.29, 0.717) is 57.1 Å². The fraction of sp³-hybridized carbons (Fsp3) is 0.344. The van der Waals surface area contributed by atoms with E-state index < -0.39 is 17.6 Å². The zero-order chi connectivity index (χ0) is 31.1. The van der Waals surface area contributed by atoms with E-state index in [9.17, 15) is 9.59 Å². The molecule has 44 heavy (non-hydrogen) atoms. The average molecular weight is 644 g/mol. The molecule has 1 saturated heterocycles. The Kier molecular flexibility index (Phi) is 10.6. The van der Waals surface area contributed by atoms with Crippen LogP contribution in [0.4, 0.5) is 4.39 Å². The number of halogens is 3. The number of piperidine rings is 1. The van der Waals surface area contributed by atoms with Crippen LogP contribution in [0.3, 0.4) is 0 Å². The molecule has 2 aliphatic rings. The SMILES string of the molecule is COc1cc2c(OC3=C(F)C=C(NC(=O)C(=O)NCCc4ccc(Cl)c(Cl)c4)CC3)ccnc2cc1OCC1CCNCC1. The molecule has 0 bridgehead atoms. The second-order valence-corrected chi connectivity index (χ2v) is 11.4. The molecule has 9 nitrogen and oxygen atoms in total. The van der Waals surface area contributed by atoms with Crippen molar-refractivity contribution >= 4 is 45.9 Å². The van der Waals surface area contributed by atoms with Crippen molar-refractivity contribution in [1.82, 2.24) is 20.9 Å². The zero-order valence-electron chi connectivity index (χ0n) is 24.2. The molecule has 0 saturated carbocycles. The van der Waals surface area contributed by atoms with Crippen LogP contribution in [0.2, 0.25) is 10.0 Å². The summed E-state index contributed by atoms with van der Waals surface area (Å²) in [6, 6.07) is 10.4. The molecule has 3 N–H and O–H groups in total. The molecule has 3 aromatic rings. The third-order valence-electron chi connectivity index (χ3n) is 7.51. The first-order chi connectivity index (χ1) is 21.3. The number of pyridine rings is 1. The quantitative estimate of drug-likeness (QED) is 0.245. The Morgan fingerprint density at radius 3 is 2.59 bits per heavy atom. The maximum Gasteiger partial charge on any atom is 0.313 e. The standard InChI is InChI=1S/C32H33Cl2FN4O5/c1-42-29-16-22-26(17-30(29)43-18-20-6-10-36-11-7-20)37-13-9-27(22)44-28-5-3-21(15-25(28)35)39-32(41)31(40)38-12-8-19-2-4-23(33)24(34)14-19/h2,4,9,13-17,20,36H,3,5-8,10-12,18H2,1H3,(H,38,40)(H,39,41). The highest BCUT2D eigenvalue weighted by atomic mass is 35.5. The maximum atomic E-state index is 15.1. The number of hydrogen-bond acceptors (Lipinski definition) is 7. The summed E-state index contributed by atoms with van der Waals surface area (Å²) in [7, 11) is 1.56. The number of nitrogens with one attached hydrogen (secondary N) is 3. The van der Waals surface area contributed by atoms with Gasteiger partial charge in [0.1, 0.15) is 11.5 Å². The monoisotopic (exact) mass is 642 g/mol. The van der Waals surface area contributed by atoms with Gasteiger partial charge in [-0.3, -0.25) is 14.6 Å². The molecule has 12 heteroatoms. The van der Waals surface area contributed by atoms with Crippen molar-refractivity contribution in [2.45, 2.75) is 32.1 Å². The summed E-state index contributed by atoms with van der Waals surface area (Å²) in [5, 5.41) is 9.87. The summed E-state index contributed by atoms with van der Waals surface area (Å²) in [4.78, 5) is 29.1. The molecule has 1 fully saturated rings. The molecule has 2 heterocycles. The minimum Gasteiger partial charge on any atom is -0.493 e. The molecular formula is C32H33Cl2FN4O5. The number of benzene rings is 2. The summed E-state index contributed by atoms with van der Waals surface area (Å²) < 4.78 is 32.8. The molecule has 2 aromatic carbocycles. The van der Waals surface area contributed by atoms with Crippen molar-refractivity contribution in [3.8, 4) is 17.2 Å². The van der Waals surface area contributed by atoms with Crippen molar-refractivity contribution in [2.24, 2.45) is 5.92 Å². The van der Waals surface area contributed by atoms with Crippen LogP contribution >= 0.6 is 23.2 Å². The van der Waals surface area contributed by atoms with Crippen LogP contribution in [0, 0.1) is 5.92 Å². The minimum absolute atomic E-state index is 0.103. The van der Waals surface area contributed by atoms with Gasteiger partial charge in [-0.2, -0.15) is 0 Å². The number of rotatable bonds is 10. The molecule has 1 aromatic heterocycles. The van der Waals surface area contributed by atoms with E-state index in [4.69, 9.17) is 37.4 Å². The van der Waals surface area contributed by atoms with Gasteiger partial charge in [0.2, 0.25) is 0 Å². The van der Waals surface area contributed by atoms with Crippen molar-refractivity contribution in [3.05, 3.63) is 81.6 Å². The van der Waals surface area contributed by atoms with Crippen LogP contribution in [0.5, 0.6) is 17.2 Å². The fourth-order valence-corrected chi connectivity index (χ4v) is 5.37. The number of carbonyl (C=O) groups is 2. The number of aromatic nitrogens is 1. The molecule has 0 unspecified atom stereocenters. The highest BCUT2D eigenvalue weighted by Gasteiger charge is 2.22. The first kappa shape index (κ1) is 31.6. The number of nitrogens with zero attached hydrogens (tertiary/aromatic N) is 1. The van der Waals surface area contributed by atoms with Crippen molar-refractivity contribution < 1.29 is 28.2 Å². The van der Waals surface area contributed by atoms with Gasteiger partial charge in [0, 0.05) is 36.3 Å². The van der Waals surface area contributed by atoms with Crippen LogP contribution in [-0.2, 0) is 16.0 Å². The number of hydrogen-bond donors (Lipinski definition) is 3. The lowest BCUT2D eigenvalue weighted by Gasteiger charge is -2.23. The third kappa shape index (κ3) is 7.99. The number of carbonyl (C=O) groups excluding carboxylic acids is 2. The first-order valence-electron chi connectivity index (χ1n) is 14.4. The summed E-state index contributed by atoms with van der Waals surface area (Å²) in [6.07, 6.45) is 5.77. The normalized spacial score (nSPS) is 15.5. The van der Waals surface area contributed by atoms with Crippen molar-refractivity contribution in [1.29, 1.82) is 0 Å². The molecule has 1 aliphatic carbocycles. The number of allylic oxidation sites excluding steroid dienone is 4. The lowest BCUT2D eigenvalue weighted by atomic mass is 9.99. The molecule has 0 atom stereocenters. The lowest BCUT2D eigenvalue weighted by molar-refractivity contribution is -0.138. The number of ether oxygens (including phenoxy) is 3.